The van der Waals surface area contributed by atoms with E-state index in [1.165, 1.54) is 12.1 Å². The van der Waals surface area contributed by atoms with E-state index in [0.717, 1.165) is 18.8 Å². The van der Waals surface area contributed by atoms with Gasteiger partial charge in [0.25, 0.3) is 0 Å². The van der Waals surface area contributed by atoms with Crippen LogP contribution in [-0.2, 0) is 0 Å². The number of hydrogen-bond acceptors (Lipinski definition) is 5. The molecule has 21 heavy (non-hydrogen) atoms. The molecule has 0 radical (unpaired) electrons. The number of aromatic nitrogens is 2. The van der Waals surface area contributed by atoms with Crippen LogP contribution in [0.1, 0.15) is 13.3 Å². The average Bonchev–Trinajstić information content (AvgIpc) is 2.44. The number of nitro groups is 1. The van der Waals surface area contributed by atoms with E-state index < -0.39 is 10.7 Å². The molecule has 1 aromatic carbocycles. The lowest BCUT2D eigenvalue weighted by Crippen LogP contribution is -2.07. The predicted molar refractivity (Wildman–Crippen MR) is 77.9 cm³/mol. The van der Waals surface area contributed by atoms with Gasteiger partial charge >= 0.3 is 5.69 Å². The Morgan fingerprint density at radius 3 is 2.81 bits per heavy atom. The van der Waals surface area contributed by atoms with Crippen molar-refractivity contribution >= 4 is 23.1 Å². The third-order valence-electron chi connectivity index (χ3n) is 2.73. The van der Waals surface area contributed by atoms with Crippen molar-refractivity contribution in [3.05, 3.63) is 45.5 Å². The van der Waals surface area contributed by atoms with E-state index in [4.69, 9.17) is 11.6 Å². The molecular formula is C13H12ClFN4O2. The van der Waals surface area contributed by atoms with Crippen LogP contribution in [0.4, 0.5) is 15.9 Å². The fraction of sp³-hybridized carbons (Fsp3) is 0.231. The highest BCUT2D eigenvalue weighted by Crippen LogP contribution is 2.34. The van der Waals surface area contributed by atoms with Gasteiger partial charge in [-0.25, -0.2) is 14.4 Å². The van der Waals surface area contributed by atoms with Crippen molar-refractivity contribution in [2.45, 2.75) is 13.3 Å². The molecule has 0 aliphatic heterocycles. The quantitative estimate of drug-likeness (QED) is 0.673. The van der Waals surface area contributed by atoms with E-state index in [0.29, 0.717) is 6.54 Å². The van der Waals surface area contributed by atoms with Crippen molar-refractivity contribution < 1.29 is 9.31 Å². The Kier molecular flexibility index (Phi) is 4.64. The van der Waals surface area contributed by atoms with E-state index in [2.05, 4.69) is 15.3 Å². The molecule has 6 nitrogen and oxygen atoms in total. The summed E-state index contributed by atoms with van der Waals surface area (Å²) in [5.74, 6) is -0.605. The van der Waals surface area contributed by atoms with Gasteiger partial charge in [-0.3, -0.25) is 10.1 Å². The van der Waals surface area contributed by atoms with Crippen LogP contribution in [0.25, 0.3) is 11.3 Å². The molecule has 1 heterocycles. The molecule has 0 unspecified atom stereocenters. The smallest absolute Gasteiger partial charge is 0.337 e. The van der Waals surface area contributed by atoms with Crippen LogP contribution in [-0.4, -0.2) is 21.4 Å². The summed E-state index contributed by atoms with van der Waals surface area (Å²) in [4.78, 5) is 18.4. The number of nitrogens with one attached hydrogen (secondary N) is 1. The first kappa shape index (κ1) is 15.1. The number of halogens is 2. The highest BCUT2D eigenvalue weighted by molar-refractivity contribution is 6.30. The zero-order valence-electron chi connectivity index (χ0n) is 11.1. The molecule has 2 aromatic rings. The number of hydrogen-bond donors (Lipinski definition) is 1. The molecule has 0 fully saturated rings. The zero-order valence-corrected chi connectivity index (χ0v) is 11.9. The summed E-state index contributed by atoms with van der Waals surface area (Å²) in [7, 11) is 0. The molecule has 110 valence electrons. The van der Waals surface area contributed by atoms with E-state index in [-0.39, 0.29) is 27.8 Å². The first-order valence-corrected chi connectivity index (χ1v) is 6.61. The average molecular weight is 311 g/mol. The van der Waals surface area contributed by atoms with Gasteiger partial charge in [-0.15, -0.1) is 0 Å². The van der Waals surface area contributed by atoms with E-state index in [9.17, 15) is 14.5 Å². The summed E-state index contributed by atoms with van der Waals surface area (Å²) in [5, 5.41) is 14.3. The number of anilines is 1. The Morgan fingerprint density at radius 2 is 2.19 bits per heavy atom. The van der Waals surface area contributed by atoms with E-state index in [1.54, 1.807) is 0 Å². The molecular weight excluding hydrogens is 299 g/mol. The standard InChI is InChI=1S/C13H12ClFN4O2/c1-2-5-16-13-12(19(20)21)11(17-7-18-13)9-4-3-8(14)6-10(9)15/h3-4,6-7H,2,5H2,1H3,(H,16,17,18). The SMILES string of the molecule is CCCNc1ncnc(-c2ccc(Cl)cc2F)c1[N+](=O)[O-]. The summed E-state index contributed by atoms with van der Waals surface area (Å²) < 4.78 is 14.0. The summed E-state index contributed by atoms with van der Waals surface area (Å²) in [5.41, 5.74) is -0.428. The number of nitrogens with zero attached hydrogens (tertiary/aromatic N) is 3. The maximum atomic E-state index is 14.0. The maximum Gasteiger partial charge on any atom is 0.337 e. The molecule has 0 spiro atoms. The Balaban J connectivity index is 2.59. The summed E-state index contributed by atoms with van der Waals surface area (Å²) in [6, 6.07) is 3.89. The minimum absolute atomic E-state index is 0.00745. The Morgan fingerprint density at radius 1 is 1.43 bits per heavy atom. The van der Waals surface area contributed by atoms with Gasteiger partial charge in [0.05, 0.1) is 4.92 Å². The van der Waals surface area contributed by atoms with Crippen LogP contribution in [0.15, 0.2) is 24.5 Å². The molecule has 2 rings (SSSR count). The van der Waals surface area contributed by atoms with Gasteiger partial charge in [-0.05, 0) is 24.6 Å². The van der Waals surface area contributed by atoms with Gasteiger partial charge < -0.3 is 5.32 Å². The first-order chi connectivity index (χ1) is 10.0. The van der Waals surface area contributed by atoms with Crippen molar-refractivity contribution in [1.82, 2.24) is 9.97 Å². The molecule has 0 aliphatic rings. The Bertz CT molecular complexity index is 681. The lowest BCUT2D eigenvalue weighted by molar-refractivity contribution is -0.383. The summed E-state index contributed by atoms with van der Waals surface area (Å²) in [6.45, 7) is 2.43. The third kappa shape index (κ3) is 3.25. The van der Waals surface area contributed by atoms with Gasteiger partial charge in [0.2, 0.25) is 5.82 Å². The predicted octanol–water partition coefficient (Wildman–Crippen LogP) is 3.67. The van der Waals surface area contributed by atoms with Crippen molar-refractivity contribution in [1.29, 1.82) is 0 Å². The van der Waals surface area contributed by atoms with Crippen molar-refractivity contribution in [3.63, 3.8) is 0 Å². The molecule has 1 N–H and O–H groups in total. The fourth-order valence-electron chi connectivity index (χ4n) is 1.80. The summed E-state index contributed by atoms with van der Waals surface area (Å²) in [6.07, 6.45) is 1.93. The van der Waals surface area contributed by atoms with Gasteiger partial charge in [0, 0.05) is 17.1 Å². The lowest BCUT2D eigenvalue weighted by Gasteiger charge is -2.08. The van der Waals surface area contributed by atoms with Gasteiger partial charge in [0.1, 0.15) is 12.1 Å². The van der Waals surface area contributed by atoms with Crippen LogP contribution in [0.5, 0.6) is 0 Å². The van der Waals surface area contributed by atoms with Gasteiger partial charge in [-0.1, -0.05) is 18.5 Å². The molecule has 1 aromatic heterocycles. The number of benzene rings is 1. The second kappa shape index (κ2) is 6.45. The van der Waals surface area contributed by atoms with Crippen LogP contribution in [0.3, 0.4) is 0 Å². The highest BCUT2D eigenvalue weighted by atomic mass is 35.5. The molecule has 0 bridgehead atoms. The Hall–Kier alpha value is -2.28. The van der Waals surface area contributed by atoms with Crippen molar-refractivity contribution in [2.75, 3.05) is 11.9 Å². The monoisotopic (exact) mass is 310 g/mol. The molecule has 0 amide bonds. The van der Waals surface area contributed by atoms with Gasteiger partial charge in [0.15, 0.2) is 5.69 Å². The second-order valence-corrected chi connectivity index (χ2v) is 4.66. The van der Waals surface area contributed by atoms with E-state index in [1.807, 2.05) is 6.92 Å². The Labute approximate surface area is 125 Å². The zero-order chi connectivity index (χ0) is 15.4. The second-order valence-electron chi connectivity index (χ2n) is 4.23. The molecule has 0 aliphatic carbocycles. The van der Waals surface area contributed by atoms with Crippen LogP contribution in [0, 0.1) is 15.9 Å². The van der Waals surface area contributed by atoms with Crippen molar-refractivity contribution in [3.8, 4) is 11.3 Å². The summed E-state index contributed by atoms with van der Waals surface area (Å²) >= 11 is 5.69. The maximum absolute atomic E-state index is 14.0. The van der Waals surface area contributed by atoms with Crippen LogP contribution < -0.4 is 5.32 Å². The van der Waals surface area contributed by atoms with Crippen molar-refractivity contribution in [2.24, 2.45) is 0 Å². The molecule has 0 saturated carbocycles. The highest BCUT2D eigenvalue weighted by Gasteiger charge is 2.25. The third-order valence-corrected chi connectivity index (χ3v) is 2.97. The molecule has 0 saturated heterocycles. The minimum atomic E-state index is -0.675. The molecule has 8 heteroatoms. The van der Waals surface area contributed by atoms with Crippen LogP contribution >= 0.6 is 11.6 Å². The van der Waals surface area contributed by atoms with Crippen LogP contribution in [0.2, 0.25) is 5.02 Å². The largest absolute Gasteiger partial charge is 0.364 e. The minimum Gasteiger partial charge on any atom is -0.364 e. The lowest BCUT2D eigenvalue weighted by atomic mass is 10.1. The van der Waals surface area contributed by atoms with E-state index >= 15 is 0 Å². The molecule has 0 atom stereocenters. The fourth-order valence-corrected chi connectivity index (χ4v) is 1.96. The normalized spacial score (nSPS) is 10.4. The van der Waals surface area contributed by atoms with Gasteiger partial charge in [-0.2, -0.15) is 0 Å². The first-order valence-electron chi connectivity index (χ1n) is 6.23. The number of rotatable bonds is 5. The topological polar surface area (TPSA) is 81.0 Å².